The molecule has 31 heavy (non-hydrogen) atoms. The van der Waals surface area contributed by atoms with Crippen LogP contribution in [0.5, 0.6) is 0 Å². The second-order valence-corrected chi connectivity index (χ2v) is 9.02. The fourth-order valence-corrected chi connectivity index (χ4v) is 3.74. The van der Waals surface area contributed by atoms with E-state index in [0.29, 0.717) is 38.9 Å². The second kappa shape index (κ2) is 25.5. The zero-order valence-electron chi connectivity index (χ0n) is 20.3. The summed E-state index contributed by atoms with van der Waals surface area (Å²) in [7, 11) is 0. The minimum Gasteiger partial charge on any atom is -0.466 e. The predicted molar refractivity (Wildman–Crippen MR) is 131 cm³/mol. The summed E-state index contributed by atoms with van der Waals surface area (Å²) < 4.78 is 10.5. The van der Waals surface area contributed by atoms with Crippen molar-refractivity contribution < 1.29 is 19.1 Å². The van der Waals surface area contributed by atoms with Gasteiger partial charge in [0.1, 0.15) is 0 Å². The molecule has 0 N–H and O–H groups in total. The number of halogens is 1. The zero-order chi connectivity index (χ0) is 22.8. The van der Waals surface area contributed by atoms with E-state index in [0.717, 1.165) is 38.0 Å². The van der Waals surface area contributed by atoms with Crippen LogP contribution in [0.2, 0.25) is 0 Å². The van der Waals surface area contributed by atoms with E-state index in [-0.39, 0.29) is 11.9 Å². The SMILES string of the molecule is CCCCCCCCCCOC(=O)CCCCC(=O)OCCCCCCCCCCCl. The molecule has 0 amide bonds. The lowest BCUT2D eigenvalue weighted by Gasteiger charge is -2.06. The highest BCUT2D eigenvalue weighted by molar-refractivity contribution is 6.17. The van der Waals surface area contributed by atoms with E-state index in [2.05, 4.69) is 6.92 Å². The number of carbonyl (C=O) groups excluding carboxylic acids is 2. The largest absolute Gasteiger partial charge is 0.466 e. The standard InChI is InChI=1S/C26H49ClO4/c1-2-3-4-5-6-10-13-18-23-30-25(28)20-15-16-21-26(29)31-24-19-14-11-8-7-9-12-17-22-27/h2-24H2,1H3. The topological polar surface area (TPSA) is 52.6 Å². The van der Waals surface area contributed by atoms with Gasteiger partial charge in [-0.15, -0.1) is 11.6 Å². The van der Waals surface area contributed by atoms with E-state index >= 15 is 0 Å². The molecule has 0 fully saturated rings. The van der Waals surface area contributed by atoms with Crippen molar-refractivity contribution >= 4 is 23.5 Å². The number of hydrogen-bond donors (Lipinski definition) is 0. The maximum absolute atomic E-state index is 11.7. The van der Waals surface area contributed by atoms with E-state index in [1.807, 2.05) is 0 Å². The van der Waals surface area contributed by atoms with Gasteiger partial charge in [0.2, 0.25) is 0 Å². The van der Waals surface area contributed by atoms with Crippen LogP contribution in [0.15, 0.2) is 0 Å². The molecule has 0 aromatic carbocycles. The maximum atomic E-state index is 11.7. The molecule has 0 saturated heterocycles. The van der Waals surface area contributed by atoms with Crippen LogP contribution in [0, 0.1) is 0 Å². The van der Waals surface area contributed by atoms with Crippen LogP contribution in [0.4, 0.5) is 0 Å². The number of esters is 2. The highest BCUT2D eigenvalue weighted by atomic mass is 35.5. The van der Waals surface area contributed by atoms with Crippen LogP contribution in [0.1, 0.15) is 135 Å². The summed E-state index contributed by atoms with van der Waals surface area (Å²) in [6.45, 7) is 3.28. The Bertz CT molecular complexity index is 401. The maximum Gasteiger partial charge on any atom is 0.305 e. The first kappa shape index (κ1) is 30.2. The molecule has 0 unspecified atom stereocenters. The third-order valence-corrected chi connectivity index (χ3v) is 5.83. The lowest BCUT2D eigenvalue weighted by Crippen LogP contribution is -2.08. The van der Waals surface area contributed by atoms with Gasteiger partial charge in [-0.05, 0) is 32.1 Å². The van der Waals surface area contributed by atoms with Crippen LogP contribution < -0.4 is 0 Å². The van der Waals surface area contributed by atoms with E-state index in [4.69, 9.17) is 21.1 Å². The zero-order valence-corrected chi connectivity index (χ0v) is 21.0. The molecule has 0 aliphatic heterocycles. The molecule has 0 radical (unpaired) electrons. The first-order valence-corrected chi connectivity index (χ1v) is 13.6. The second-order valence-electron chi connectivity index (χ2n) is 8.64. The van der Waals surface area contributed by atoms with Crippen molar-refractivity contribution in [3.05, 3.63) is 0 Å². The third-order valence-electron chi connectivity index (χ3n) is 5.56. The lowest BCUT2D eigenvalue weighted by atomic mass is 10.1. The molecule has 0 aliphatic carbocycles. The average Bonchev–Trinajstić information content (AvgIpc) is 2.77. The molecule has 5 heteroatoms. The van der Waals surface area contributed by atoms with E-state index in [9.17, 15) is 9.59 Å². The van der Waals surface area contributed by atoms with Crippen LogP contribution in [0.3, 0.4) is 0 Å². The molecular weight excluding hydrogens is 412 g/mol. The van der Waals surface area contributed by atoms with Gasteiger partial charge < -0.3 is 9.47 Å². The van der Waals surface area contributed by atoms with Gasteiger partial charge in [0.05, 0.1) is 13.2 Å². The first-order valence-electron chi connectivity index (χ1n) is 13.1. The van der Waals surface area contributed by atoms with Crippen molar-refractivity contribution in [1.82, 2.24) is 0 Å². The number of alkyl halides is 1. The van der Waals surface area contributed by atoms with Crippen LogP contribution >= 0.6 is 11.6 Å². The smallest absolute Gasteiger partial charge is 0.305 e. The van der Waals surface area contributed by atoms with Crippen molar-refractivity contribution in [2.75, 3.05) is 19.1 Å². The van der Waals surface area contributed by atoms with Gasteiger partial charge in [0.25, 0.3) is 0 Å². The van der Waals surface area contributed by atoms with E-state index in [1.54, 1.807) is 0 Å². The predicted octanol–water partition coefficient (Wildman–Crippen LogP) is 8.13. The summed E-state index contributed by atoms with van der Waals surface area (Å²) in [5, 5.41) is 0. The summed E-state index contributed by atoms with van der Waals surface area (Å²) in [5.74, 6) is 0.488. The Balaban J connectivity index is 3.29. The molecule has 0 spiro atoms. The molecule has 0 rings (SSSR count). The molecule has 0 heterocycles. The van der Waals surface area contributed by atoms with Crippen LogP contribution in [-0.2, 0) is 19.1 Å². The number of hydrogen-bond acceptors (Lipinski definition) is 4. The fraction of sp³-hybridized carbons (Fsp3) is 0.923. The molecule has 0 aromatic rings. The number of ether oxygens (including phenoxy) is 2. The number of carbonyl (C=O) groups is 2. The van der Waals surface area contributed by atoms with Crippen LogP contribution in [0.25, 0.3) is 0 Å². The summed E-state index contributed by atoms with van der Waals surface area (Å²) in [6.07, 6.45) is 21.5. The number of unbranched alkanes of at least 4 members (excludes halogenated alkanes) is 15. The van der Waals surface area contributed by atoms with Gasteiger partial charge in [-0.2, -0.15) is 0 Å². The highest BCUT2D eigenvalue weighted by Gasteiger charge is 2.06. The van der Waals surface area contributed by atoms with E-state index < -0.39 is 0 Å². The van der Waals surface area contributed by atoms with Gasteiger partial charge in [-0.1, -0.05) is 90.4 Å². The van der Waals surface area contributed by atoms with Gasteiger partial charge >= 0.3 is 11.9 Å². The summed E-state index contributed by atoms with van der Waals surface area (Å²) in [5.41, 5.74) is 0. The molecule has 0 aromatic heterocycles. The Morgan fingerprint density at radius 2 is 0.871 bits per heavy atom. The van der Waals surface area contributed by atoms with Gasteiger partial charge in [-0.3, -0.25) is 9.59 Å². The van der Waals surface area contributed by atoms with Crippen molar-refractivity contribution in [1.29, 1.82) is 0 Å². The number of rotatable bonds is 24. The molecule has 184 valence electrons. The van der Waals surface area contributed by atoms with Crippen molar-refractivity contribution in [3.63, 3.8) is 0 Å². The molecule has 0 atom stereocenters. The molecule has 4 nitrogen and oxygen atoms in total. The van der Waals surface area contributed by atoms with Gasteiger partial charge in [0, 0.05) is 18.7 Å². The Kier molecular flexibility index (Phi) is 24.9. The summed E-state index contributed by atoms with van der Waals surface area (Å²) in [6, 6.07) is 0. The van der Waals surface area contributed by atoms with Crippen molar-refractivity contribution in [3.8, 4) is 0 Å². The summed E-state index contributed by atoms with van der Waals surface area (Å²) >= 11 is 5.66. The minimum atomic E-state index is -0.145. The van der Waals surface area contributed by atoms with Crippen LogP contribution in [-0.4, -0.2) is 31.0 Å². The molecule has 0 saturated carbocycles. The Hall–Kier alpha value is -0.770. The average molecular weight is 461 g/mol. The fourth-order valence-electron chi connectivity index (χ4n) is 3.55. The van der Waals surface area contributed by atoms with Crippen molar-refractivity contribution in [2.24, 2.45) is 0 Å². The third kappa shape index (κ3) is 25.4. The highest BCUT2D eigenvalue weighted by Crippen LogP contribution is 2.10. The van der Waals surface area contributed by atoms with Gasteiger partial charge in [-0.25, -0.2) is 0 Å². The van der Waals surface area contributed by atoms with Crippen molar-refractivity contribution in [2.45, 2.75) is 135 Å². The normalized spacial score (nSPS) is 10.9. The Morgan fingerprint density at radius 1 is 0.516 bits per heavy atom. The molecule has 0 aliphatic rings. The monoisotopic (exact) mass is 460 g/mol. The quantitative estimate of drug-likeness (QED) is 0.0828. The molecular formula is C26H49ClO4. The Morgan fingerprint density at radius 3 is 1.26 bits per heavy atom. The Labute approximate surface area is 197 Å². The lowest BCUT2D eigenvalue weighted by molar-refractivity contribution is -0.146. The molecule has 0 bridgehead atoms. The van der Waals surface area contributed by atoms with E-state index in [1.165, 1.54) is 70.6 Å². The summed E-state index contributed by atoms with van der Waals surface area (Å²) in [4.78, 5) is 23.5. The minimum absolute atomic E-state index is 0.140. The first-order chi connectivity index (χ1) is 15.2. The van der Waals surface area contributed by atoms with Gasteiger partial charge in [0.15, 0.2) is 0 Å².